The second kappa shape index (κ2) is 7.74. The van der Waals surface area contributed by atoms with E-state index >= 15 is 0 Å². The standard InChI is InChI=1S/C17H18F2N2O3/c1-10(16(22)11-3-5-12(18)6-4-11)20-17(23)21-13-7-8-15(24-2)14(19)9-13/h3-10,16,22H,1-2H3,(H2,20,21,23). The zero-order chi connectivity index (χ0) is 17.7. The van der Waals surface area contributed by atoms with E-state index in [9.17, 15) is 18.7 Å². The average molecular weight is 336 g/mol. The molecule has 2 aromatic rings. The van der Waals surface area contributed by atoms with Crippen molar-refractivity contribution in [2.24, 2.45) is 0 Å². The number of amides is 2. The molecule has 0 aliphatic heterocycles. The summed E-state index contributed by atoms with van der Waals surface area (Å²) in [4.78, 5) is 11.9. The monoisotopic (exact) mass is 336 g/mol. The number of carbonyl (C=O) groups is 1. The number of ether oxygens (including phenoxy) is 1. The quantitative estimate of drug-likeness (QED) is 0.785. The van der Waals surface area contributed by atoms with Crippen molar-refractivity contribution >= 4 is 11.7 Å². The van der Waals surface area contributed by atoms with Crippen LogP contribution in [0.15, 0.2) is 42.5 Å². The van der Waals surface area contributed by atoms with Crippen molar-refractivity contribution in [3.05, 3.63) is 59.7 Å². The molecule has 0 bridgehead atoms. The number of benzene rings is 2. The normalized spacial score (nSPS) is 13.0. The van der Waals surface area contributed by atoms with Crippen LogP contribution in [0, 0.1) is 11.6 Å². The molecule has 0 aliphatic rings. The van der Waals surface area contributed by atoms with Crippen LogP contribution < -0.4 is 15.4 Å². The molecular weight excluding hydrogens is 318 g/mol. The highest BCUT2D eigenvalue weighted by atomic mass is 19.1. The van der Waals surface area contributed by atoms with Crippen molar-refractivity contribution in [3.63, 3.8) is 0 Å². The van der Waals surface area contributed by atoms with Gasteiger partial charge >= 0.3 is 6.03 Å². The minimum absolute atomic E-state index is 0.0704. The Labute approximate surface area is 138 Å². The third-order valence-corrected chi connectivity index (χ3v) is 3.45. The molecule has 0 spiro atoms. The minimum Gasteiger partial charge on any atom is -0.494 e. The van der Waals surface area contributed by atoms with Crippen molar-refractivity contribution in [1.29, 1.82) is 0 Å². The molecule has 0 aromatic heterocycles. The van der Waals surface area contributed by atoms with Crippen LogP contribution in [0.3, 0.4) is 0 Å². The summed E-state index contributed by atoms with van der Waals surface area (Å²) >= 11 is 0. The van der Waals surface area contributed by atoms with Gasteiger partial charge in [-0.2, -0.15) is 0 Å². The number of carbonyl (C=O) groups excluding carboxylic acids is 1. The largest absolute Gasteiger partial charge is 0.494 e. The lowest BCUT2D eigenvalue weighted by molar-refractivity contribution is 0.139. The Bertz CT molecular complexity index is 707. The van der Waals surface area contributed by atoms with E-state index in [0.717, 1.165) is 6.07 Å². The fourth-order valence-corrected chi connectivity index (χ4v) is 2.15. The molecule has 2 aromatic carbocycles. The Morgan fingerprint density at radius 3 is 2.42 bits per heavy atom. The lowest BCUT2D eigenvalue weighted by Gasteiger charge is -2.21. The molecule has 3 N–H and O–H groups in total. The molecule has 0 heterocycles. The first-order chi connectivity index (χ1) is 11.4. The first kappa shape index (κ1) is 17.7. The molecule has 2 amide bonds. The van der Waals surface area contributed by atoms with E-state index in [2.05, 4.69) is 10.6 Å². The van der Waals surface area contributed by atoms with Crippen molar-refractivity contribution < 1.29 is 23.4 Å². The third kappa shape index (κ3) is 4.42. The van der Waals surface area contributed by atoms with E-state index in [1.165, 1.54) is 43.5 Å². The SMILES string of the molecule is COc1ccc(NC(=O)NC(C)C(O)c2ccc(F)cc2)cc1F. The maximum atomic E-state index is 13.6. The van der Waals surface area contributed by atoms with Crippen LogP contribution in [0.25, 0.3) is 0 Å². The summed E-state index contributed by atoms with van der Waals surface area (Å²) in [5.41, 5.74) is 0.717. The number of halogens is 2. The van der Waals surface area contributed by atoms with Gasteiger partial charge in [0.25, 0.3) is 0 Å². The van der Waals surface area contributed by atoms with Crippen LogP contribution in [0.5, 0.6) is 5.75 Å². The summed E-state index contributed by atoms with van der Waals surface area (Å²) in [7, 11) is 1.34. The van der Waals surface area contributed by atoms with Gasteiger partial charge in [-0.3, -0.25) is 0 Å². The zero-order valence-corrected chi connectivity index (χ0v) is 13.2. The molecule has 0 radical (unpaired) electrons. The number of anilines is 1. The summed E-state index contributed by atoms with van der Waals surface area (Å²) in [6.07, 6.45) is -1.01. The number of hydrogen-bond acceptors (Lipinski definition) is 3. The molecule has 128 valence electrons. The van der Waals surface area contributed by atoms with Crippen molar-refractivity contribution in [1.82, 2.24) is 5.32 Å². The second-order valence-electron chi connectivity index (χ2n) is 5.23. The van der Waals surface area contributed by atoms with Gasteiger partial charge in [-0.25, -0.2) is 13.6 Å². The van der Waals surface area contributed by atoms with Gasteiger partial charge in [-0.05, 0) is 36.8 Å². The average Bonchev–Trinajstić information content (AvgIpc) is 2.55. The number of hydrogen-bond donors (Lipinski definition) is 3. The molecular formula is C17H18F2N2O3. The highest BCUT2D eigenvalue weighted by Crippen LogP contribution is 2.21. The first-order valence-electron chi connectivity index (χ1n) is 7.25. The van der Waals surface area contributed by atoms with Gasteiger partial charge in [0.2, 0.25) is 0 Å². The van der Waals surface area contributed by atoms with Crippen LogP contribution in [-0.4, -0.2) is 24.3 Å². The van der Waals surface area contributed by atoms with Gasteiger partial charge in [-0.1, -0.05) is 12.1 Å². The Kier molecular flexibility index (Phi) is 5.70. The highest BCUT2D eigenvalue weighted by Gasteiger charge is 2.18. The summed E-state index contributed by atoms with van der Waals surface area (Å²) in [5.74, 6) is -0.943. The molecule has 24 heavy (non-hydrogen) atoms. The number of methoxy groups -OCH3 is 1. The fraction of sp³-hybridized carbons (Fsp3) is 0.235. The molecule has 0 saturated carbocycles. The Morgan fingerprint density at radius 2 is 1.83 bits per heavy atom. The summed E-state index contributed by atoms with van der Waals surface area (Å²) < 4.78 is 31.3. The van der Waals surface area contributed by atoms with E-state index in [0.29, 0.717) is 5.56 Å². The van der Waals surface area contributed by atoms with Gasteiger partial charge in [0.05, 0.1) is 19.3 Å². The maximum absolute atomic E-state index is 13.6. The van der Waals surface area contributed by atoms with Crippen LogP contribution >= 0.6 is 0 Å². The molecule has 0 saturated heterocycles. The van der Waals surface area contributed by atoms with Crippen LogP contribution in [0.4, 0.5) is 19.3 Å². The maximum Gasteiger partial charge on any atom is 0.319 e. The summed E-state index contributed by atoms with van der Waals surface area (Å²) in [6, 6.07) is 8.09. The van der Waals surface area contributed by atoms with Crippen LogP contribution in [0.2, 0.25) is 0 Å². The zero-order valence-electron chi connectivity index (χ0n) is 13.2. The molecule has 5 nitrogen and oxygen atoms in total. The van der Waals surface area contributed by atoms with Gasteiger partial charge in [0.1, 0.15) is 5.82 Å². The number of aliphatic hydroxyl groups is 1. The number of rotatable bonds is 5. The highest BCUT2D eigenvalue weighted by molar-refractivity contribution is 5.89. The summed E-state index contributed by atoms with van der Waals surface area (Å²) in [6.45, 7) is 1.60. The van der Waals surface area contributed by atoms with E-state index in [-0.39, 0.29) is 11.4 Å². The van der Waals surface area contributed by atoms with E-state index in [1.54, 1.807) is 6.92 Å². The van der Waals surface area contributed by atoms with Crippen molar-refractivity contribution in [2.75, 3.05) is 12.4 Å². The molecule has 2 rings (SSSR count). The fourth-order valence-electron chi connectivity index (χ4n) is 2.15. The van der Waals surface area contributed by atoms with Gasteiger partial charge in [0.15, 0.2) is 11.6 Å². The van der Waals surface area contributed by atoms with Gasteiger partial charge in [-0.15, -0.1) is 0 Å². The molecule has 0 aliphatic carbocycles. The lowest BCUT2D eigenvalue weighted by atomic mass is 10.0. The predicted molar refractivity (Wildman–Crippen MR) is 85.9 cm³/mol. The Morgan fingerprint density at radius 1 is 1.17 bits per heavy atom. The number of aliphatic hydroxyl groups excluding tert-OH is 1. The molecule has 7 heteroatoms. The number of nitrogens with one attached hydrogen (secondary N) is 2. The Hall–Kier alpha value is -2.67. The molecule has 2 unspecified atom stereocenters. The topological polar surface area (TPSA) is 70.6 Å². The lowest BCUT2D eigenvalue weighted by Crippen LogP contribution is -2.39. The number of urea groups is 1. The second-order valence-corrected chi connectivity index (χ2v) is 5.23. The Balaban J connectivity index is 1.96. The van der Waals surface area contributed by atoms with Gasteiger partial charge < -0.3 is 20.5 Å². The van der Waals surface area contributed by atoms with Crippen molar-refractivity contribution in [3.8, 4) is 5.75 Å². The smallest absolute Gasteiger partial charge is 0.319 e. The van der Waals surface area contributed by atoms with E-state index < -0.39 is 29.8 Å². The minimum atomic E-state index is -1.01. The molecule has 0 fully saturated rings. The van der Waals surface area contributed by atoms with Gasteiger partial charge in [0, 0.05) is 11.8 Å². The van der Waals surface area contributed by atoms with E-state index in [1.807, 2.05) is 0 Å². The molecule has 2 atom stereocenters. The first-order valence-corrected chi connectivity index (χ1v) is 7.25. The predicted octanol–water partition coefficient (Wildman–Crippen LogP) is 3.22. The van der Waals surface area contributed by atoms with Crippen LogP contribution in [0.1, 0.15) is 18.6 Å². The summed E-state index contributed by atoms with van der Waals surface area (Å²) in [5, 5.41) is 15.2. The third-order valence-electron chi connectivity index (χ3n) is 3.45. The van der Waals surface area contributed by atoms with E-state index in [4.69, 9.17) is 4.74 Å². The van der Waals surface area contributed by atoms with Crippen molar-refractivity contribution in [2.45, 2.75) is 19.1 Å². The van der Waals surface area contributed by atoms with Crippen LogP contribution in [-0.2, 0) is 0 Å².